The number of aliphatic hydroxyl groups is 1. The highest BCUT2D eigenvalue weighted by Crippen LogP contribution is 2.16. The first-order valence-electron chi connectivity index (χ1n) is 7.12. The second-order valence-electron chi connectivity index (χ2n) is 5.35. The third-order valence-electron chi connectivity index (χ3n) is 3.75. The first kappa shape index (κ1) is 16.4. The molecule has 22 heavy (non-hydrogen) atoms. The molecule has 2 amide bonds. The lowest BCUT2D eigenvalue weighted by atomic mass is 9.98. The molecule has 1 aromatic rings. The first-order valence-corrected chi connectivity index (χ1v) is 7.12. The second-order valence-corrected chi connectivity index (χ2v) is 5.35. The Labute approximate surface area is 126 Å². The third-order valence-corrected chi connectivity index (χ3v) is 3.75. The van der Waals surface area contributed by atoms with Gasteiger partial charge in [0.1, 0.15) is 11.6 Å². The van der Waals surface area contributed by atoms with Crippen molar-refractivity contribution in [1.82, 2.24) is 10.2 Å². The molecule has 0 saturated carbocycles. The quantitative estimate of drug-likeness (QED) is 0.869. The van der Waals surface area contributed by atoms with Crippen LogP contribution in [0.5, 0.6) is 0 Å². The van der Waals surface area contributed by atoms with Crippen molar-refractivity contribution in [2.24, 2.45) is 5.92 Å². The van der Waals surface area contributed by atoms with Crippen molar-refractivity contribution in [1.29, 1.82) is 0 Å². The van der Waals surface area contributed by atoms with E-state index in [-0.39, 0.29) is 30.5 Å². The lowest BCUT2D eigenvalue weighted by Gasteiger charge is -2.31. The number of amides is 2. The predicted molar refractivity (Wildman–Crippen MR) is 75.1 cm³/mol. The highest BCUT2D eigenvalue weighted by molar-refractivity contribution is 5.96. The Morgan fingerprint density at radius 2 is 1.77 bits per heavy atom. The van der Waals surface area contributed by atoms with Gasteiger partial charge in [-0.1, -0.05) is 0 Å². The molecule has 2 N–H and O–H groups in total. The van der Waals surface area contributed by atoms with Crippen LogP contribution >= 0.6 is 0 Å². The minimum absolute atomic E-state index is 0.115. The molecule has 0 aromatic heterocycles. The van der Waals surface area contributed by atoms with Gasteiger partial charge in [0, 0.05) is 31.3 Å². The van der Waals surface area contributed by atoms with Crippen molar-refractivity contribution < 1.29 is 23.5 Å². The van der Waals surface area contributed by atoms with Crippen LogP contribution in [-0.2, 0) is 4.79 Å². The van der Waals surface area contributed by atoms with E-state index in [1.54, 1.807) is 4.90 Å². The molecule has 1 heterocycles. The van der Waals surface area contributed by atoms with Crippen molar-refractivity contribution in [2.45, 2.75) is 12.8 Å². The summed E-state index contributed by atoms with van der Waals surface area (Å²) in [5.74, 6) is -2.42. The van der Waals surface area contributed by atoms with Gasteiger partial charge in [-0.3, -0.25) is 9.59 Å². The van der Waals surface area contributed by atoms with Crippen LogP contribution in [-0.4, -0.2) is 48.1 Å². The lowest BCUT2D eigenvalue weighted by Crippen LogP contribution is -2.44. The molecule has 120 valence electrons. The van der Waals surface area contributed by atoms with Gasteiger partial charge in [-0.15, -0.1) is 0 Å². The van der Waals surface area contributed by atoms with E-state index in [0.717, 1.165) is 25.0 Å². The molecule has 0 aliphatic carbocycles. The molecule has 0 unspecified atom stereocenters. The minimum Gasteiger partial charge on any atom is -0.396 e. The van der Waals surface area contributed by atoms with Gasteiger partial charge in [-0.2, -0.15) is 0 Å². The average molecular weight is 312 g/mol. The predicted octanol–water partition coefficient (Wildman–Crippen LogP) is 0.925. The van der Waals surface area contributed by atoms with E-state index in [9.17, 15) is 18.4 Å². The maximum atomic E-state index is 13.0. The fraction of sp³-hybridized carbons (Fsp3) is 0.467. The van der Waals surface area contributed by atoms with Crippen LogP contribution in [0.4, 0.5) is 8.78 Å². The molecule has 2 rings (SSSR count). The topological polar surface area (TPSA) is 69.6 Å². The summed E-state index contributed by atoms with van der Waals surface area (Å²) < 4.78 is 26.1. The van der Waals surface area contributed by atoms with Crippen molar-refractivity contribution in [3.05, 3.63) is 35.4 Å². The van der Waals surface area contributed by atoms with E-state index in [4.69, 9.17) is 5.11 Å². The molecular weight excluding hydrogens is 294 g/mol. The Hall–Kier alpha value is -2.02. The van der Waals surface area contributed by atoms with E-state index in [0.29, 0.717) is 19.2 Å². The number of likely N-dealkylation sites (tertiary alicyclic amines) is 1. The number of hydrogen-bond acceptors (Lipinski definition) is 3. The number of carbonyl (C=O) groups excluding carboxylic acids is 2. The van der Waals surface area contributed by atoms with Gasteiger partial charge in [0.25, 0.3) is 5.91 Å². The maximum Gasteiger partial charge on any atom is 0.251 e. The molecule has 0 atom stereocenters. The number of nitrogens with one attached hydrogen (secondary N) is 1. The second kappa shape index (κ2) is 7.31. The van der Waals surface area contributed by atoms with Gasteiger partial charge < -0.3 is 15.3 Å². The first-order chi connectivity index (χ1) is 10.5. The van der Waals surface area contributed by atoms with E-state index >= 15 is 0 Å². The third kappa shape index (κ3) is 4.24. The van der Waals surface area contributed by atoms with Gasteiger partial charge in [0.05, 0.1) is 6.54 Å². The van der Waals surface area contributed by atoms with Crippen LogP contribution in [0, 0.1) is 17.6 Å². The number of rotatable bonds is 4. The number of hydrogen-bond donors (Lipinski definition) is 2. The number of nitrogens with zero attached hydrogens (tertiary/aromatic N) is 1. The molecule has 5 nitrogen and oxygen atoms in total. The van der Waals surface area contributed by atoms with Crippen molar-refractivity contribution in [3.8, 4) is 0 Å². The molecule has 0 spiro atoms. The number of benzene rings is 1. The monoisotopic (exact) mass is 312 g/mol. The zero-order valence-corrected chi connectivity index (χ0v) is 12.0. The molecule has 1 fully saturated rings. The Morgan fingerprint density at radius 3 is 2.32 bits per heavy atom. The van der Waals surface area contributed by atoms with Gasteiger partial charge in [-0.05, 0) is 30.9 Å². The molecule has 0 radical (unpaired) electrons. The summed E-state index contributed by atoms with van der Waals surface area (Å²) >= 11 is 0. The smallest absolute Gasteiger partial charge is 0.251 e. The van der Waals surface area contributed by atoms with Gasteiger partial charge in [0.15, 0.2) is 0 Å². The molecule has 1 aliphatic rings. The number of halogens is 2. The van der Waals surface area contributed by atoms with Crippen LogP contribution in [0.15, 0.2) is 18.2 Å². The molecule has 1 aromatic carbocycles. The van der Waals surface area contributed by atoms with E-state index in [1.165, 1.54) is 0 Å². The van der Waals surface area contributed by atoms with Crippen LogP contribution in [0.2, 0.25) is 0 Å². The summed E-state index contributed by atoms with van der Waals surface area (Å²) in [6.07, 6.45) is 1.45. The molecule has 0 bridgehead atoms. The largest absolute Gasteiger partial charge is 0.396 e. The normalized spacial score (nSPS) is 15.7. The Bertz CT molecular complexity index is 537. The Morgan fingerprint density at radius 1 is 1.18 bits per heavy atom. The van der Waals surface area contributed by atoms with Crippen molar-refractivity contribution in [3.63, 3.8) is 0 Å². The van der Waals surface area contributed by atoms with Crippen molar-refractivity contribution in [2.75, 3.05) is 26.2 Å². The fourth-order valence-electron chi connectivity index (χ4n) is 2.42. The van der Waals surface area contributed by atoms with E-state index in [1.807, 2.05) is 0 Å². The molecule has 1 saturated heterocycles. The summed E-state index contributed by atoms with van der Waals surface area (Å²) in [7, 11) is 0. The fourth-order valence-corrected chi connectivity index (χ4v) is 2.42. The summed E-state index contributed by atoms with van der Waals surface area (Å²) in [6.45, 7) is 0.966. The molecule has 1 aliphatic heterocycles. The van der Waals surface area contributed by atoms with Gasteiger partial charge >= 0.3 is 0 Å². The highest BCUT2D eigenvalue weighted by Gasteiger charge is 2.22. The lowest BCUT2D eigenvalue weighted by molar-refractivity contribution is -0.131. The van der Waals surface area contributed by atoms with Crippen LogP contribution in [0.1, 0.15) is 23.2 Å². The number of piperidine rings is 1. The summed E-state index contributed by atoms with van der Waals surface area (Å²) in [4.78, 5) is 25.4. The SMILES string of the molecule is O=C(NCC(=O)N1CCC(CO)CC1)c1cc(F)cc(F)c1. The van der Waals surface area contributed by atoms with Crippen LogP contribution in [0.3, 0.4) is 0 Å². The zero-order valence-electron chi connectivity index (χ0n) is 12.0. The minimum atomic E-state index is -0.845. The molecule has 7 heteroatoms. The summed E-state index contributed by atoms with van der Waals surface area (Å²) in [5, 5.41) is 11.4. The average Bonchev–Trinajstić information content (AvgIpc) is 2.51. The zero-order chi connectivity index (χ0) is 16.1. The van der Waals surface area contributed by atoms with E-state index < -0.39 is 17.5 Å². The molecular formula is C15H18F2N2O3. The van der Waals surface area contributed by atoms with Gasteiger partial charge in [-0.25, -0.2) is 8.78 Å². The van der Waals surface area contributed by atoms with Gasteiger partial charge in [0.2, 0.25) is 5.91 Å². The standard InChI is InChI=1S/C15H18F2N2O3/c16-12-5-11(6-13(17)7-12)15(22)18-8-14(21)19-3-1-10(9-20)2-4-19/h5-7,10,20H,1-4,8-9H2,(H,18,22). The Kier molecular flexibility index (Phi) is 5.43. The highest BCUT2D eigenvalue weighted by atomic mass is 19.1. The summed E-state index contributed by atoms with van der Waals surface area (Å²) in [6, 6.07) is 2.50. The van der Waals surface area contributed by atoms with Crippen LogP contribution < -0.4 is 5.32 Å². The van der Waals surface area contributed by atoms with E-state index in [2.05, 4.69) is 5.32 Å². The number of carbonyl (C=O) groups is 2. The maximum absolute atomic E-state index is 13.0. The summed E-state index contributed by atoms with van der Waals surface area (Å²) in [5.41, 5.74) is -0.163. The van der Waals surface area contributed by atoms with Crippen LogP contribution in [0.25, 0.3) is 0 Å². The Balaban J connectivity index is 1.84. The van der Waals surface area contributed by atoms with Crippen molar-refractivity contribution >= 4 is 11.8 Å². The number of aliphatic hydroxyl groups excluding tert-OH is 1.